The van der Waals surface area contributed by atoms with E-state index in [0.717, 1.165) is 4.47 Å². The van der Waals surface area contributed by atoms with Gasteiger partial charge in [-0.05, 0) is 34.1 Å². The minimum absolute atomic E-state index is 0.0542. The van der Waals surface area contributed by atoms with E-state index in [2.05, 4.69) is 31.2 Å². The Hall–Kier alpha value is -1.95. The highest BCUT2D eigenvalue weighted by atomic mass is 79.9. The van der Waals surface area contributed by atoms with E-state index in [0.29, 0.717) is 5.82 Å². The molecule has 2 N–H and O–H groups in total. The first-order chi connectivity index (χ1) is 8.15. The lowest BCUT2D eigenvalue weighted by molar-refractivity contribution is 0.102. The van der Waals surface area contributed by atoms with Crippen molar-refractivity contribution in [1.29, 1.82) is 0 Å². The van der Waals surface area contributed by atoms with Crippen molar-refractivity contribution in [3.05, 3.63) is 46.8 Å². The van der Waals surface area contributed by atoms with Crippen molar-refractivity contribution in [3.63, 3.8) is 0 Å². The van der Waals surface area contributed by atoms with Crippen LogP contribution in [0, 0.1) is 0 Å². The standard InChI is InChI=1S/C11H8BrN3O2/c12-8-1-2-10(14-5-8)15-11(17)7-3-9(16)6-13-4-7/h1-6,16H,(H,14,15,17). The van der Waals surface area contributed by atoms with Crippen molar-refractivity contribution in [1.82, 2.24) is 9.97 Å². The second kappa shape index (κ2) is 4.92. The Kier molecular flexibility index (Phi) is 3.34. The first-order valence-corrected chi connectivity index (χ1v) is 5.51. The molecule has 5 nitrogen and oxygen atoms in total. The fourth-order valence-electron chi connectivity index (χ4n) is 1.19. The highest BCUT2D eigenvalue weighted by Gasteiger charge is 2.07. The second-order valence-corrected chi connectivity index (χ2v) is 4.16. The normalized spacial score (nSPS) is 9.94. The molecule has 0 aliphatic carbocycles. The van der Waals surface area contributed by atoms with Crippen LogP contribution in [0.5, 0.6) is 5.75 Å². The fourth-order valence-corrected chi connectivity index (χ4v) is 1.42. The Morgan fingerprint density at radius 3 is 2.76 bits per heavy atom. The van der Waals surface area contributed by atoms with Crippen LogP contribution in [0.15, 0.2) is 41.3 Å². The SMILES string of the molecule is O=C(Nc1ccc(Br)cn1)c1cncc(O)c1. The molecule has 0 aromatic carbocycles. The van der Waals surface area contributed by atoms with Crippen LogP contribution in [-0.4, -0.2) is 21.0 Å². The number of anilines is 1. The van der Waals surface area contributed by atoms with E-state index >= 15 is 0 Å². The summed E-state index contributed by atoms with van der Waals surface area (Å²) in [5.74, 6) is 0.00572. The first-order valence-electron chi connectivity index (χ1n) is 4.72. The molecule has 86 valence electrons. The van der Waals surface area contributed by atoms with E-state index in [1.54, 1.807) is 18.3 Å². The number of rotatable bonds is 2. The van der Waals surface area contributed by atoms with Gasteiger partial charge in [-0.25, -0.2) is 4.98 Å². The summed E-state index contributed by atoms with van der Waals surface area (Å²) >= 11 is 3.25. The van der Waals surface area contributed by atoms with E-state index in [1.165, 1.54) is 18.5 Å². The minimum atomic E-state index is -0.372. The van der Waals surface area contributed by atoms with Gasteiger partial charge in [0.15, 0.2) is 0 Å². The van der Waals surface area contributed by atoms with Gasteiger partial charge >= 0.3 is 0 Å². The smallest absolute Gasteiger partial charge is 0.258 e. The molecule has 0 radical (unpaired) electrons. The number of hydrogen-bond donors (Lipinski definition) is 2. The van der Waals surface area contributed by atoms with Gasteiger partial charge in [0.25, 0.3) is 5.91 Å². The van der Waals surface area contributed by atoms with Crippen molar-refractivity contribution >= 4 is 27.7 Å². The lowest BCUT2D eigenvalue weighted by atomic mass is 10.2. The molecular formula is C11H8BrN3O2. The summed E-state index contributed by atoms with van der Waals surface area (Å²) in [5, 5.41) is 11.8. The third-order valence-corrected chi connectivity index (χ3v) is 2.42. The van der Waals surface area contributed by atoms with E-state index in [1.807, 2.05) is 0 Å². The van der Waals surface area contributed by atoms with Gasteiger partial charge in [0, 0.05) is 16.9 Å². The lowest BCUT2D eigenvalue weighted by Gasteiger charge is -2.04. The molecule has 0 atom stereocenters. The highest BCUT2D eigenvalue weighted by molar-refractivity contribution is 9.10. The van der Waals surface area contributed by atoms with Gasteiger partial charge in [-0.3, -0.25) is 9.78 Å². The van der Waals surface area contributed by atoms with E-state index in [-0.39, 0.29) is 17.2 Å². The fraction of sp³-hybridized carbons (Fsp3) is 0. The van der Waals surface area contributed by atoms with Crippen molar-refractivity contribution < 1.29 is 9.90 Å². The molecule has 17 heavy (non-hydrogen) atoms. The molecule has 2 aromatic heterocycles. The molecule has 2 rings (SSSR count). The van der Waals surface area contributed by atoms with Gasteiger partial charge in [0.05, 0.1) is 11.8 Å². The maximum atomic E-state index is 11.7. The van der Waals surface area contributed by atoms with Crippen LogP contribution in [0.3, 0.4) is 0 Å². The second-order valence-electron chi connectivity index (χ2n) is 3.25. The van der Waals surface area contributed by atoms with Gasteiger partial charge < -0.3 is 10.4 Å². The van der Waals surface area contributed by atoms with Crippen LogP contribution < -0.4 is 5.32 Å². The van der Waals surface area contributed by atoms with Gasteiger partial charge in [-0.15, -0.1) is 0 Å². The Labute approximate surface area is 106 Å². The van der Waals surface area contributed by atoms with Crippen molar-refractivity contribution in [2.24, 2.45) is 0 Å². The number of carbonyl (C=O) groups excluding carboxylic acids is 1. The number of nitrogens with zero attached hydrogens (tertiary/aromatic N) is 2. The molecule has 0 aliphatic heterocycles. The summed E-state index contributed by atoms with van der Waals surface area (Å²) in [5.41, 5.74) is 0.273. The van der Waals surface area contributed by atoms with Crippen LogP contribution in [0.25, 0.3) is 0 Å². The Balaban J connectivity index is 2.14. The van der Waals surface area contributed by atoms with Gasteiger partial charge in [-0.1, -0.05) is 0 Å². The van der Waals surface area contributed by atoms with Crippen molar-refractivity contribution in [2.75, 3.05) is 5.32 Å². The number of hydrogen-bond acceptors (Lipinski definition) is 4. The third kappa shape index (κ3) is 3.01. The number of nitrogens with one attached hydrogen (secondary N) is 1. The largest absolute Gasteiger partial charge is 0.506 e. The molecule has 2 heterocycles. The maximum Gasteiger partial charge on any atom is 0.258 e. The van der Waals surface area contributed by atoms with Gasteiger partial charge in [0.1, 0.15) is 11.6 Å². The summed E-state index contributed by atoms with van der Waals surface area (Å²) in [6, 6.07) is 4.77. The first kappa shape index (κ1) is 11.5. The molecule has 0 aliphatic rings. The van der Waals surface area contributed by atoms with Crippen molar-refractivity contribution in [3.8, 4) is 5.75 Å². The van der Waals surface area contributed by atoms with E-state index < -0.39 is 0 Å². The molecule has 0 bridgehead atoms. The summed E-state index contributed by atoms with van der Waals surface area (Å²) < 4.78 is 0.828. The summed E-state index contributed by atoms with van der Waals surface area (Å²) in [7, 11) is 0. The highest BCUT2D eigenvalue weighted by Crippen LogP contribution is 2.13. The van der Waals surface area contributed by atoms with Crippen LogP contribution >= 0.6 is 15.9 Å². The molecule has 0 spiro atoms. The van der Waals surface area contributed by atoms with Gasteiger partial charge in [-0.2, -0.15) is 0 Å². The molecule has 1 amide bonds. The molecule has 0 saturated heterocycles. The molecular weight excluding hydrogens is 286 g/mol. The van der Waals surface area contributed by atoms with Crippen LogP contribution in [0.2, 0.25) is 0 Å². The topological polar surface area (TPSA) is 75.1 Å². The average molecular weight is 294 g/mol. The Bertz CT molecular complexity index is 543. The molecule has 6 heteroatoms. The van der Waals surface area contributed by atoms with E-state index in [4.69, 9.17) is 0 Å². The Morgan fingerprint density at radius 1 is 1.29 bits per heavy atom. The van der Waals surface area contributed by atoms with Crippen molar-refractivity contribution in [2.45, 2.75) is 0 Å². The molecule has 2 aromatic rings. The number of pyridine rings is 2. The minimum Gasteiger partial charge on any atom is -0.506 e. The zero-order chi connectivity index (χ0) is 12.3. The third-order valence-electron chi connectivity index (χ3n) is 1.95. The monoisotopic (exact) mass is 293 g/mol. The average Bonchev–Trinajstić information content (AvgIpc) is 2.32. The molecule has 0 unspecified atom stereocenters. The number of carbonyl (C=O) groups is 1. The maximum absolute atomic E-state index is 11.7. The number of amides is 1. The molecule has 0 saturated carbocycles. The quantitative estimate of drug-likeness (QED) is 0.890. The summed E-state index contributed by atoms with van der Waals surface area (Å²) in [6.07, 6.45) is 4.21. The number of halogens is 1. The van der Waals surface area contributed by atoms with Crippen LogP contribution in [-0.2, 0) is 0 Å². The number of aromatic nitrogens is 2. The number of aromatic hydroxyl groups is 1. The summed E-state index contributed by atoms with van der Waals surface area (Å²) in [6.45, 7) is 0. The zero-order valence-corrected chi connectivity index (χ0v) is 10.2. The summed E-state index contributed by atoms with van der Waals surface area (Å²) in [4.78, 5) is 19.5. The lowest BCUT2D eigenvalue weighted by Crippen LogP contribution is -2.12. The zero-order valence-electron chi connectivity index (χ0n) is 8.59. The predicted molar refractivity (Wildman–Crippen MR) is 65.8 cm³/mol. The predicted octanol–water partition coefficient (Wildman–Crippen LogP) is 2.20. The van der Waals surface area contributed by atoms with Gasteiger partial charge in [0.2, 0.25) is 0 Å². The Morgan fingerprint density at radius 2 is 2.12 bits per heavy atom. The van der Waals surface area contributed by atoms with Crippen LogP contribution in [0.1, 0.15) is 10.4 Å². The van der Waals surface area contributed by atoms with Crippen LogP contribution in [0.4, 0.5) is 5.82 Å². The van der Waals surface area contributed by atoms with E-state index in [9.17, 15) is 9.90 Å². The molecule has 0 fully saturated rings.